The lowest BCUT2D eigenvalue weighted by atomic mass is 9.98. The number of carbonyl (C=O) groups excluding carboxylic acids is 1. The van der Waals surface area contributed by atoms with Crippen LogP contribution >= 0.6 is 0 Å². The monoisotopic (exact) mass is 454 g/mol. The molecule has 0 saturated heterocycles. The van der Waals surface area contributed by atoms with Crippen molar-refractivity contribution in [1.29, 1.82) is 0 Å². The SMILES string of the molecule is O=C(NCCC(O)C(O)c1cnc2ccccc2c1)OCC1c2ccccc2-c2ccccc21. The third kappa shape index (κ3) is 4.38. The first-order valence-electron chi connectivity index (χ1n) is 11.4. The van der Waals surface area contributed by atoms with E-state index in [4.69, 9.17) is 4.74 Å². The molecule has 1 aromatic heterocycles. The van der Waals surface area contributed by atoms with Gasteiger partial charge in [-0.05, 0) is 40.8 Å². The van der Waals surface area contributed by atoms with Gasteiger partial charge in [0.05, 0.1) is 11.6 Å². The summed E-state index contributed by atoms with van der Waals surface area (Å²) in [4.78, 5) is 16.6. The summed E-state index contributed by atoms with van der Waals surface area (Å²) in [6.45, 7) is 0.406. The number of aromatic nitrogens is 1. The Kier molecular flexibility index (Phi) is 6.25. The first kappa shape index (κ1) is 22.1. The molecule has 0 fully saturated rings. The number of hydrogen-bond acceptors (Lipinski definition) is 5. The van der Waals surface area contributed by atoms with Crippen LogP contribution in [0.25, 0.3) is 22.0 Å². The predicted octanol–water partition coefficient (Wildman–Crippen LogP) is 4.56. The molecule has 1 aliphatic carbocycles. The Morgan fingerprint density at radius 3 is 2.32 bits per heavy atom. The first-order valence-corrected chi connectivity index (χ1v) is 11.4. The average molecular weight is 455 g/mol. The fraction of sp³-hybridized carbons (Fsp3) is 0.214. The Balaban J connectivity index is 1.13. The Labute approximate surface area is 197 Å². The summed E-state index contributed by atoms with van der Waals surface area (Å²) in [5.74, 6) is -0.00836. The van der Waals surface area contributed by atoms with Gasteiger partial charge in [0.2, 0.25) is 0 Å². The summed E-state index contributed by atoms with van der Waals surface area (Å²) in [5, 5.41) is 24.5. The second kappa shape index (κ2) is 9.63. The van der Waals surface area contributed by atoms with E-state index in [1.54, 1.807) is 6.20 Å². The van der Waals surface area contributed by atoms with E-state index in [9.17, 15) is 15.0 Å². The zero-order valence-corrected chi connectivity index (χ0v) is 18.6. The van der Waals surface area contributed by atoms with E-state index in [2.05, 4.69) is 34.6 Å². The molecule has 0 saturated carbocycles. The molecule has 6 heteroatoms. The van der Waals surface area contributed by atoms with Gasteiger partial charge in [-0.1, -0.05) is 66.7 Å². The normalized spacial score (nSPS) is 14.3. The number of aliphatic hydroxyl groups is 2. The maximum absolute atomic E-state index is 12.3. The van der Waals surface area contributed by atoms with Crippen LogP contribution in [0, 0.1) is 0 Å². The Bertz CT molecular complexity index is 1280. The van der Waals surface area contributed by atoms with Crippen molar-refractivity contribution in [2.24, 2.45) is 0 Å². The summed E-state index contributed by atoms with van der Waals surface area (Å²) in [6, 6.07) is 25.7. The molecule has 0 radical (unpaired) electrons. The van der Waals surface area contributed by atoms with Gasteiger partial charge in [0.1, 0.15) is 12.7 Å². The van der Waals surface area contributed by atoms with Crippen LogP contribution in [-0.2, 0) is 4.74 Å². The summed E-state index contributed by atoms with van der Waals surface area (Å²) < 4.78 is 5.51. The lowest BCUT2D eigenvalue weighted by Gasteiger charge is -2.19. The number of nitrogens with one attached hydrogen (secondary N) is 1. The van der Waals surface area contributed by atoms with Gasteiger partial charge in [-0.15, -0.1) is 0 Å². The molecule has 34 heavy (non-hydrogen) atoms. The van der Waals surface area contributed by atoms with E-state index in [-0.39, 0.29) is 25.5 Å². The smallest absolute Gasteiger partial charge is 0.407 e. The zero-order valence-electron chi connectivity index (χ0n) is 18.6. The van der Waals surface area contributed by atoms with Crippen molar-refractivity contribution >= 4 is 17.0 Å². The number of hydrogen-bond donors (Lipinski definition) is 3. The number of alkyl carbamates (subject to hydrolysis) is 1. The van der Waals surface area contributed by atoms with Crippen molar-refractivity contribution in [3.8, 4) is 11.1 Å². The summed E-state index contributed by atoms with van der Waals surface area (Å²) in [5.41, 5.74) is 6.01. The van der Waals surface area contributed by atoms with Crippen LogP contribution in [0.4, 0.5) is 4.79 Å². The Morgan fingerprint density at radius 1 is 0.941 bits per heavy atom. The standard InChI is InChI=1S/C28H26N2O4/c31-26(27(32)19-15-18-7-1-6-12-25(18)30-16-19)13-14-29-28(33)34-17-24-22-10-4-2-8-20(22)21-9-3-5-11-23(21)24/h1-12,15-16,24,26-27,31-32H,13-14,17H2,(H,29,33). The molecule has 2 unspecified atom stereocenters. The quantitative estimate of drug-likeness (QED) is 0.381. The molecule has 1 heterocycles. The molecule has 4 aromatic rings. The molecule has 1 amide bonds. The van der Waals surface area contributed by atoms with Gasteiger partial charge in [0.25, 0.3) is 0 Å². The number of benzene rings is 3. The number of carbonyl (C=O) groups is 1. The van der Waals surface area contributed by atoms with Gasteiger partial charge in [0.15, 0.2) is 0 Å². The lowest BCUT2D eigenvalue weighted by Crippen LogP contribution is -2.30. The predicted molar refractivity (Wildman–Crippen MR) is 130 cm³/mol. The van der Waals surface area contributed by atoms with Crippen LogP contribution < -0.4 is 5.32 Å². The highest BCUT2D eigenvalue weighted by Crippen LogP contribution is 2.44. The lowest BCUT2D eigenvalue weighted by molar-refractivity contribution is 0.0135. The first-order chi connectivity index (χ1) is 16.6. The number of rotatable bonds is 7. The maximum atomic E-state index is 12.3. The third-order valence-corrected chi connectivity index (χ3v) is 6.37. The van der Waals surface area contributed by atoms with Gasteiger partial charge >= 0.3 is 6.09 Å². The molecular weight excluding hydrogens is 428 g/mol. The number of pyridine rings is 1. The van der Waals surface area contributed by atoms with Gasteiger partial charge < -0.3 is 20.3 Å². The number of nitrogens with zero attached hydrogens (tertiary/aromatic N) is 1. The molecule has 6 nitrogen and oxygen atoms in total. The van der Waals surface area contributed by atoms with Gasteiger partial charge in [-0.3, -0.25) is 4.98 Å². The highest BCUT2D eigenvalue weighted by Gasteiger charge is 2.29. The number of ether oxygens (including phenoxy) is 1. The van der Waals surface area contributed by atoms with E-state index < -0.39 is 18.3 Å². The maximum Gasteiger partial charge on any atom is 0.407 e. The minimum Gasteiger partial charge on any atom is -0.449 e. The van der Waals surface area contributed by atoms with Crippen molar-refractivity contribution in [2.75, 3.05) is 13.2 Å². The van der Waals surface area contributed by atoms with Crippen LogP contribution in [0.15, 0.2) is 85.1 Å². The largest absolute Gasteiger partial charge is 0.449 e. The second-order valence-corrected chi connectivity index (χ2v) is 8.51. The number of para-hydroxylation sites is 1. The molecule has 0 aliphatic heterocycles. The highest BCUT2D eigenvalue weighted by molar-refractivity contribution is 5.79. The molecule has 0 bridgehead atoms. The molecule has 3 aromatic carbocycles. The summed E-state index contributed by atoms with van der Waals surface area (Å²) in [6.07, 6.45) is -0.943. The molecule has 3 N–H and O–H groups in total. The van der Waals surface area contributed by atoms with Gasteiger partial charge in [0, 0.05) is 29.6 Å². The highest BCUT2D eigenvalue weighted by atomic mass is 16.5. The van der Waals surface area contributed by atoms with Crippen molar-refractivity contribution in [1.82, 2.24) is 10.3 Å². The van der Waals surface area contributed by atoms with Crippen molar-refractivity contribution < 1.29 is 19.7 Å². The van der Waals surface area contributed by atoms with Gasteiger partial charge in [-0.2, -0.15) is 0 Å². The molecule has 5 rings (SSSR count). The zero-order chi connectivity index (χ0) is 23.5. The van der Waals surface area contributed by atoms with Crippen LogP contribution in [0.3, 0.4) is 0 Å². The second-order valence-electron chi connectivity index (χ2n) is 8.51. The number of fused-ring (bicyclic) bond motifs is 4. The van der Waals surface area contributed by atoms with E-state index in [0.29, 0.717) is 5.56 Å². The van der Waals surface area contributed by atoms with E-state index >= 15 is 0 Å². The molecule has 2 atom stereocenters. The topological polar surface area (TPSA) is 91.7 Å². The Hall–Kier alpha value is -3.74. The van der Waals surface area contributed by atoms with Crippen LogP contribution in [-0.4, -0.2) is 40.5 Å². The van der Waals surface area contributed by atoms with E-state index in [1.165, 1.54) is 11.1 Å². The minimum absolute atomic E-state index is 0.00836. The molecule has 172 valence electrons. The fourth-order valence-electron chi connectivity index (χ4n) is 4.60. The van der Waals surface area contributed by atoms with Crippen LogP contribution in [0.2, 0.25) is 0 Å². The fourth-order valence-corrected chi connectivity index (χ4v) is 4.60. The van der Waals surface area contributed by atoms with E-state index in [1.807, 2.05) is 54.6 Å². The summed E-state index contributed by atoms with van der Waals surface area (Å²) >= 11 is 0. The molecular formula is C28H26N2O4. The van der Waals surface area contributed by atoms with Crippen molar-refractivity contribution in [3.05, 3.63) is 102 Å². The van der Waals surface area contributed by atoms with Gasteiger partial charge in [-0.25, -0.2) is 4.79 Å². The molecule has 0 spiro atoms. The number of aliphatic hydroxyl groups excluding tert-OH is 2. The number of amides is 1. The van der Waals surface area contributed by atoms with Crippen LogP contribution in [0.1, 0.15) is 35.1 Å². The third-order valence-electron chi connectivity index (χ3n) is 6.37. The Morgan fingerprint density at radius 2 is 1.59 bits per heavy atom. The van der Waals surface area contributed by atoms with Crippen molar-refractivity contribution in [2.45, 2.75) is 24.5 Å². The van der Waals surface area contributed by atoms with Crippen LogP contribution in [0.5, 0.6) is 0 Å². The molecule has 1 aliphatic rings. The average Bonchev–Trinajstić information content (AvgIpc) is 3.20. The minimum atomic E-state index is -1.10. The summed E-state index contributed by atoms with van der Waals surface area (Å²) in [7, 11) is 0. The van der Waals surface area contributed by atoms with Crippen molar-refractivity contribution in [3.63, 3.8) is 0 Å². The van der Waals surface area contributed by atoms with E-state index in [0.717, 1.165) is 22.0 Å².